The van der Waals surface area contributed by atoms with E-state index in [-0.39, 0.29) is 0 Å². The second kappa shape index (κ2) is 5.85. The highest BCUT2D eigenvalue weighted by molar-refractivity contribution is 6.30. The molecule has 1 heterocycles. The Balaban J connectivity index is 1.68. The Morgan fingerprint density at radius 2 is 2.30 bits per heavy atom. The van der Waals surface area contributed by atoms with Crippen LogP contribution in [0.15, 0.2) is 30.6 Å². The third-order valence-corrected chi connectivity index (χ3v) is 3.67. The van der Waals surface area contributed by atoms with Gasteiger partial charge in [0.05, 0.1) is 19.9 Å². The van der Waals surface area contributed by atoms with Crippen LogP contribution >= 0.6 is 11.6 Å². The van der Waals surface area contributed by atoms with Crippen molar-refractivity contribution in [3.63, 3.8) is 0 Å². The van der Waals surface area contributed by atoms with E-state index in [1.165, 1.54) is 18.4 Å². The van der Waals surface area contributed by atoms with Gasteiger partial charge in [0.25, 0.3) is 0 Å². The fraction of sp³-hybridized carbons (Fsp3) is 0.400. The second-order valence-electron chi connectivity index (χ2n) is 5.16. The molecule has 3 rings (SSSR count). The van der Waals surface area contributed by atoms with Crippen LogP contribution in [0.25, 0.3) is 0 Å². The Morgan fingerprint density at radius 3 is 3.05 bits per heavy atom. The van der Waals surface area contributed by atoms with Crippen LogP contribution in [0.3, 0.4) is 0 Å². The van der Waals surface area contributed by atoms with Crippen molar-refractivity contribution in [3.8, 4) is 5.75 Å². The Labute approximate surface area is 123 Å². The van der Waals surface area contributed by atoms with Crippen molar-refractivity contribution in [2.24, 2.45) is 0 Å². The molecular weight excluding hydrogens is 274 g/mol. The Hall–Kier alpha value is -1.52. The molecular formula is C15H18ClN3O. The van der Waals surface area contributed by atoms with E-state index >= 15 is 0 Å². The molecule has 5 heteroatoms. The van der Waals surface area contributed by atoms with Crippen LogP contribution in [0.2, 0.25) is 5.02 Å². The van der Waals surface area contributed by atoms with E-state index in [4.69, 9.17) is 16.3 Å². The lowest BCUT2D eigenvalue weighted by Crippen LogP contribution is -2.14. The van der Waals surface area contributed by atoms with Crippen LogP contribution in [0.5, 0.6) is 5.75 Å². The minimum absolute atomic E-state index is 0.660. The van der Waals surface area contributed by atoms with Gasteiger partial charge in [0.15, 0.2) is 0 Å². The highest BCUT2D eigenvalue weighted by atomic mass is 35.5. The van der Waals surface area contributed by atoms with Crippen LogP contribution in [-0.4, -0.2) is 22.9 Å². The molecule has 20 heavy (non-hydrogen) atoms. The summed E-state index contributed by atoms with van der Waals surface area (Å²) in [6.45, 7) is 1.55. The molecule has 1 saturated carbocycles. The Kier molecular flexibility index (Phi) is 3.94. The molecule has 106 valence electrons. The lowest BCUT2D eigenvalue weighted by atomic mass is 10.2. The summed E-state index contributed by atoms with van der Waals surface area (Å²) in [5, 5.41) is 8.59. The zero-order valence-electron chi connectivity index (χ0n) is 11.5. The van der Waals surface area contributed by atoms with Crippen molar-refractivity contribution >= 4 is 11.6 Å². The largest absolute Gasteiger partial charge is 0.496 e. The lowest BCUT2D eigenvalue weighted by molar-refractivity contribution is 0.407. The lowest BCUT2D eigenvalue weighted by Gasteiger charge is -2.09. The first-order valence-corrected chi connectivity index (χ1v) is 7.19. The van der Waals surface area contributed by atoms with Gasteiger partial charge in [-0.2, -0.15) is 5.10 Å². The molecule has 0 atom stereocenters. The van der Waals surface area contributed by atoms with Gasteiger partial charge in [0.1, 0.15) is 5.75 Å². The number of hydrogen-bond acceptors (Lipinski definition) is 3. The average Bonchev–Trinajstić information content (AvgIpc) is 3.17. The van der Waals surface area contributed by atoms with Crippen molar-refractivity contribution in [3.05, 3.63) is 46.7 Å². The van der Waals surface area contributed by atoms with E-state index in [1.807, 2.05) is 29.1 Å². The van der Waals surface area contributed by atoms with Crippen LogP contribution in [0.1, 0.15) is 24.0 Å². The standard InChI is InChI=1S/C15H18ClN3O/c1-20-15-5-2-13(16)6-12(15)10-19-9-11(8-18-19)7-17-14-3-4-14/h2,5-6,8-9,14,17H,3-4,7,10H2,1H3. The fourth-order valence-corrected chi connectivity index (χ4v) is 2.37. The normalized spacial score (nSPS) is 14.5. The molecule has 0 spiro atoms. The number of rotatable bonds is 6. The van der Waals surface area contributed by atoms with Gasteiger partial charge in [-0.15, -0.1) is 0 Å². The molecule has 4 nitrogen and oxygen atoms in total. The molecule has 1 N–H and O–H groups in total. The number of methoxy groups -OCH3 is 1. The molecule has 1 aromatic carbocycles. The van der Waals surface area contributed by atoms with Gasteiger partial charge in [0.2, 0.25) is 0 Å². The summed E-state index contributed by atoms with van der Waals surface area (Å²) in [7, 11) is 1.67. The quantitative estimate of drug-likeness (QED) is 0.889. The fourth-order valence-electron chi connectivity index (χ4n) is 2.18. The first kappa shape index (κ1) is 13.5. The molecule has 1 aliphatic carbocycles. The summed E-state index contributed by atoms with van der Waals surface area (Å²) in [5.74, 6) is 0.836. The summed E-state index contributed by atoms with van der Waals surface area (Å²) in [6.07, 6.45) is 6.57. The van der Waals surface area contributed by atoms with Gasteiger partial charge in [-0.1, -0.05) is 11.6 Å². The van der Waals surface area contributed by atoms with E-state index in [0.29, 0.717) is 17.6 Å². The van der Waals surface area contributed by atoms with Crippen LogP contribution in [-0.2, 0) is 13.1 Å². The number of nitrogens with one attached hydrogen (secondary N) is 1. The van der Waals surface area contributed by atoms with E-state index in [2.05, 4.69) is 16.6 Å². The third-order valence-electron chi connectivity index (χ3n) is 3.43. The Bertz CT molecular complexity index is 593. The van der Waals surface area contributed by atoms with E-state index in [0.717, 1.165) is 17.9 Å². The van der Waals surface area contributed by atoms with Gasteiger partial charge in [-0.05, 0) is 31.0 Å². The minimum atomic E-state index is 0.660. The van der Waals surface area contributed by atoms with E-state index in [9.17, 15) is 0 Å². The van der Waals surface area contributed by atoms with Gasteiger partial charge in [-0.3, -0.25) is 4.68 Å². The summed E-state index contributed by atoms with van der Waals surface area (Å²) < 4.78 is 7.27. The maximum Gasteiger partial charge on any atom is 0.124 e. The third kappa shape index (κ3) is 3.32. The molecule has 0 radical (unpaired) electrons. The van der Waals surface area contributed by atoms with Crippen molar-refractivity contribution in [2.75, 3.05) is 7.11 Å². The molecule has 2 aromatic rings. The van der Waals surface area contributed by atoms with Gasteiger partial charge < -0.3 is 10.1 Å². The number of halogens is 1. The predicted molar refractivity (Wildman–Crippen MR) is 79.2 cm³/mol. The summed E-state index contributed by atoms with van der Waals surface area (Å²) in [6, 6.07) is 6.35. The maximum absolute atomic E-state index is 6.04. The predicted octanol–water partition coefficient (Wildman–Crippen LogP) is 2.85. The second-order valence-corrected chi connectivity index (χ2v) is 5.59. The molecule has 0 amide bonds. The zero-order chi connectivity index (χ0) is 13.9. The first-order chi connectivity index (χ1) is 9.74. The van der Waals surface area contributed by atoms with E-state index in [1.54, 1.807) is 7.11 Å². The van der Waals surface area contributed by atoms with Crippen molar-refractivity contribution in [2.45, 2.75) is 32.0 Å². The van der Waals surface area contributed by atoms with Gasteiger partial charge in [-0.25, -0.2) is 0 Å². The number of benzene rings is 1. The summed E-state index contributed by atoms with van der Waals surface area (Å²) in [4.78, 5) is 0. The van der Waals surface area contributed by atoms with E-state index < -0.39 is 0 Å². The number of ether oxygens (including phenoxy) is 1. The van der Waals surface area contributed by atoms with Crippen LogP contribution in [0.4, 0.5) is 0 Å². The van der Waals surface area contributed by atoms with Crippen molar-refractivity contribution < 1.29 is 4.74 Å². The molecule has 0 unspecified atom stereocenters. The molecule has 1 aliphatic rings. The monoisotopic (exact) mass is 291 g/mol. The molecule has 1 fully saturated rings. The molecule has 1 aromatic heterocycles. The summed E-state index contributed by atoms with van der Waals surface area (Å²) in [5.41, 5.74) is 2.24. The number of aromatic nitrogens is 2. The van der Waals surface area contributed by atoms with Gasteiger partial charge in [0, 0.05) is 34.9 Å². The van der Waals surface area contributed by atoms with Crippen LogP contribution < -0.4 is 10.1 Å². The molecule has 0 aliphatic heterocycles. The highest BCUT2D eigenvalue weighted by Gasteiger charge is 2.20. The zero-order valence-corrected chi connectivity index (χ0v) is 12.2. The highest BCUT2D eigenvalue weighted by Crippen LogP contribution is 2.23. The minimum Gasteiger partial charge on any atom is -0.496 e. The van der Waals surface area contributed by atoms with Crippen molar-refractivity contribution in [1.82, 2.24) is 15.1 Å². The van der Waals surface area contributed by atoms with Crippen molar-refractivity contribution in [1.29, 1.82) is 0 Å². The summed E-state index contributed by atoms with van der Waals surface area (Å²) >= 11 is 6.04. The topological polar surface area (TPSA) is 39.1 Å². The average molecular weight is 292 g/mol. The molecule has 0 saturated heterocycles. The Morgan fingerprint density at radius 1 is 1.45 bits per heavy atom. The SMILES string of the molecule is COc1ccc(Cl)cc1Cn1cc(CNC2CC2)cn1. The molecule has 0 bridgehead atoms. The maximum atomic E-state index is 6.04. The number of nitrogens with zero attached hydrogens (tertiary/aromatic N) is 2. The van der Waals surface area contributed by atoms with Gasteiger partial charge >= 0.3 is 0 Å². The smallest absolute Gasteiger partial charge is 0.124 e. The van der Waals surface area contributed by atoms with Crippen LogP contribution in [0, 0.1) is 0 Å². The number of hydrogen-bond donors (Lipinski definition) is 1. The first-order valence-electron chi connectivity index (χ1n) is 6.82.